The van der Waals surface area contributed by atoms with E-state index in [2.05, 4.69) is 4.98 Å². The molecular formula is C21H22ClN3O3S. The molecule has 2 aromatic carbocycles. The third-order valence-corrected chi connectivity index (χ3v) is 5.86. The van der Waals surface area contributed by atoms with E-state index in [0.717, 1.165) is 5.56 Å². The highest BCUT2D eigenvalue weighted by atomic mass is 35.5. The van der Waals surface area contributed by atoms with E-state index in [1.807, 2.05) is 30.3 Å². The Morgan fingerprint density at radius 1 is 1.24 bits per heavy atom. The monoisotopic (exact) mass is 431 g/mol. The maximum Gasteiger partial charge on any atom is 0.262 e. The van der Waals surface area contributed by atoms with Crippen LogP contribution >= 0.6 is 23.4 Å². The molecule has 0 aliphatic heterocycles. The molecule has 0 N–H and O–H groups in total. The Bertz CT molecular complexity index is 1070. The number of halogens is 1. The third-order valence-electron chi connectivity index (χ3n) is 4.39. The van der Waals surface area contributed by atoms with Gasteiger partial charge < -0.3 is 9.64 Å². The number of rotatable bonds is 7. The fourth-order valence-corrected chi connectivity index (χ4v) is 4.31. The highest BCUT2D eigenvalue weighted by molar-refractivity contribution is 8.00. The van der Waals surface area contributed by atoms with E-state index in [4.69, 9.17) is 16.3 Å². The average molecular weight is 432 g/mol. The van der Waals surface area contributed by atoms with Crippen LogP contribution in [0.2, 0.25) is 5.02 Å². The van der Waals surface area contributed by atoms with Crippen LogP contribution in [0.3, 0.4) is 0 Å². The Kier molecular flexibility index (Phi) is 6.95. The number of hydrogen-bond donors (Lipinski definition) is 0. The van der Waals surface area contributed by atoms with Gasteiger partial charge in [-0.2, -0.15) is 0 Å². The van der Waals surface area contributed by atoms with Gasteiger partial charge in [-0.3, -0.25) is 14.2 Å². The summed E-state index contributed by atoms with van der Waals surface area (Å²) in [6.45, 7) is 0.687. The lowest BCUT2D eigenvalue weighted by atomic mass is 10.1. The number of likely N-dealkylation sites (N-methyl/N-ethyl adjacent to an activating group) is 1. The average Bonchev–Trinajstić information content (AvgIpc) is 2.71. The SMILES string of the molecule is COCCn1c(SC(C(=O)N(C)C)c2ccccc2)nc2cc(Cl)ccc2c1=O. The van der Waals surface area contributed by atoms with Gasteiger partial charge in [-0.05, 0) is 23.8 Å². The number of carbonyl (C=O) groups is 1. The van der Waals surface area contributed by atoms with Gasteiger partial charge in [0.2, 0.25) is 5.91 Å². The first-order chi connectivity index (χ1) is 13.9. The van der Waals surface area contributed by atoms with Crippen LogP contribution in [-0.2, 0) is 16.1 Å². The van der Waals surface area contributed by atoms with Crippen molar-refractivity contribution in [1.82, 2.24) is 14.5 Å². The highest BCUT2D eigenvalue weighted by Crippen LogP contribution is 2.35. The van der Waals surface area contributed by atoms with Crippen molar-refractivity contribution < 1.29 is 9.53 Å². The Morgan fingerprint density at radius 3 is 2.62 bits per heavy atom. The second-order valence-electron chi connectivity index (χ2n) is 6.65. The fraction of sp³-hybridized carbons (Fsp3) is 0.286. The topological polar surface area (TPSA) is 64.4 Å². The van der Waals surface area contributed by atoms with Gasteiger partial charge in [-0.25, -0.2) is 4.98 Å². The van der Waals surface area contributed by atoms with Crippen molar-refractivity contribution in [2.45, 2.75) is 17.0 Å². The molecule has 0 saturated carbocycles. The van der Waals surface area contributed by atoms with Crippen LogP contribution in [-0.4, -0.2) is 48.2 Å². The van der Waals surface area contributed by atoms with Gasteiger partial charge in [0.1, 0.15) is 5.25 Å². The van der Waals surface area contributed by atoms with Crippen molar-refractivity contribution in [3.8, 4) is 0 Å². The summed E-state index contributed by atoms with van der Waals surface area (Å²) in [6, 6.07) is 14.5. The second kappa shape index (κ2) is 9.43. The number of thioether (sulfide) groups is 1. The number of amides is 1. The molecule has 0 aliphatic rings. The minimum atomic E-state index is -0.538. The first kappa shape index (κ1) is 21.4. The summed E-state index contributed by atoms with van der Waals surface area (Å²) in [4.78, 5) is 32.2. The summed E-state index contributed by atoms with van der Waals surface area (Å²) in [6.07, 6.45) is 0. The summed E-state index contributed by atoms with van der Waals surface area (Å²) in [5.41, 5.74) is 1.16. The molecule has 0 bridgehead atoms. The Balaban J connectivity index is 2.14. The number of benzene rings is 2. The van der Waals surface area contributed by atoms with E-state index >= 15 is 0 Å². The number of nitrogens with zero attached hydrogens (tertiary/aromatic N) is 3. The molecule has 0 fully saturated rings. The van der Waals surface area contributed by atoms with Crippen molar-refractivity contribution in [3.05, 3.63) is 69.5 Å². The molecule has 8 heteroatoms. The predicted octanol–water partition coefficient (Wildman–Crippen LogP) is 3.62. The van der Waals surface area contributed by atoms with E-state index in [1.54, 1.807) is 48.9 Å². The molecular weight excluding hydrogens is 410 g/mol. The molecule has 3 aromatic rings. The smallest absolute Gasteiger partial charge is 0.262 e. The molecule has 0 aliphatic carbocycles. The lowest BCUT2D eigenvalue weighted by molar-refractivity contribution is -0.128. The zero-order chi connectivity index (χ0) is 21.0. The van der Waals surface area contributed by atoms with Crippen LogP contribution in [0.1, 0.15) is 10.8 Å². The molecule has 0 spiro atoms. The normalized spacial score (nSPS) is 12.1. The van der Waals surface area contributed by atoms with Crippen molar-refractivity contribution in [3.63, 3.8) is 0 Å². The molecule has 152 valence electrons. The van der Waals surface area contributed by atoms with E-state index in [1.165, 1.54) is 11.8 Å². The summed E-state index contributed by atoms with van der Waals surface area (Å²) in [7, 11) is 5.00. The predicted molar refractivity (Wildman–Crippen MR) is 117 cm³/mol. The van der Waals surface area contributed by atoms with Crippen molar-refractivity contribution in [2.75, 3.05) is 27.8 Å². The summed E-state index contributed by atoms with van der Waals surface area (Å²) in [5.74, 6) is -0.0834. The van der Waals surface area contributed by atoms with Gasteiger partial charge >= 0.3 is 0 Å². The van der Waals surface area contributed by atoms with Crippen LogP contribution in [0.25, 0.3) is 10.9 Å². The number of aromatic nitrogens is 2. The van der Waals surface area contributed by atoms with Gasteiger partial charge in [-0.15, -0.1) is 0 Å². The quantitative estimate of drug-likeness (QED) is 0.422. The lowest BCUT2D eigenvalue weighted by Gasteiger charge is -2.22. The molecule has 1 atom stereocenters. The maximum absolute atomic E-state index is 13.1. The molecule has 0 saturated heterocycles. The number of ether oxygens (including phenoxy) is 1. The van der Waals surface area contributed by atoms with Crippen LogP contribution in [0.4, 0.5) is 0 Å². The Morgan fingerprint density at radius 2 is 1.97 bits per heavy atom. The Labute approximate surface area is 178 Å². The number of methoxy groups -OCH3 is 1. The molecule has 1 amide bonds. The van der Waals surface area contributed by atoms with E-state index in [9.17, 15) is 9.59 Å². The zero-order valence-electron chi connectivity index (χ0n) is 16.5. The fourth-order valence-electron chi connectivity index (χ4n) is 2.87. The number of fused-ring (bicyclic) bond motifs is 1. The van der Waals surface area contributed by atoms with Crippen molar-refractivity contribution >= 4 is 40.2 Å². The van der Waals surface area contributed by atoms with Crippen LogP contribution < -0.4 is 5.56 Å². The molecule has 6 nitrogen and oxygen atoms in total. The van der Waals surface area contributed by atoms with E-state index < -0.39 is 5.25 Å². The third kappa shape index (κ3) is 4.80. The summed E-state index contributed by atoms with van der Waals surface area (Å²) >= 11 is 7.36. The molecule has 1 aromatic heterocycles. The van der Waals surface area contributed by atoms with Crippen LogP contribution in [0.5, 0.6) is 0 Å². The minimum Gasteiger partial charge on any atom is -0.383 e. The molecule has 1 heterocycles. The zero-order valence-corrected chi connectivity index (χ0v) is 18.0. The summed E-state index contributed by atoms with van der Waals surface area (Å²) < 4.78 is 6.73. The number of carbonyl (C=O) groups excluding carboxylic acids is 1. The number of hydrogen-bond acceptors (Lipinski definition) is 5. The minimum absolute atomic E-state index is 0.0834. The molecule has 3 rings (SSSR count). The van der Waals surface area contributed by atoms with Gasteiger partial charge in [0.15, 0.2) is 5.16 Å². The van der Waals surface area contributed by atoms with Crippen LogP contribution in [0.15, 0.2) is 58.5 Å². The van der Waals surface area contributed by atoms with E-state index in [-0.39, 0.29) is 11.5 Å². The van der Waals surface area contributed by atoms with Gasteiger partial charge in [0, 0.05) is 26.2 Å². The lowest BCUT2D eigenvalue weighted by Crippen LogP contribution is -2.29. The van der Waals surface area contributed by atoms with Gasteiger partial charge in [0.25, 0.3) is 5.56 Å². The second-order valence-corrected chi connectivity index (χ2v) is 8.16. The molecule has 1 unspecified atom stereocenters. The molecule has 29 heavy (non-hydrogen) atoms. The highest BCUT2D eigenvalue weighted by Gasteiger charge is 2.26. The molecule has 0 radical (unpaired) electrons. The van der Waals surface area contributed by atoms with E-state index in [0.29, 0.717) is 34.2 Å². The summed E-state index contributed by atoms with van der Waals surface area (Å²) in [5, 5.41) is 0.887. The van der Waals surface area contributed by atoms with Crippen molar-refractivity contribution in [2.24, 2.45) is 0 Å². The Hall–Kier alpha value is -2.35. The standard InChI is InChI=1S/C21H22ClN3O3S/c1-24(2)20(27)18(14-7-5-4-6-8-14)29-21-23-17-13-15(22)9-10-16(17)19(26)25(21)11-12-28-3/h4-10,13,18H,11-12H2,1-3H3. The van der Waals surface area contributed by atoms with Gasteiger partial charge in [-0.1, -0.05) is 53.7 Å². The largest absolute Gasteiger partial charge is 0.383 e. The first-order valence-corrected chi connectivity index (χ1v) is 10.3. The van der Waals surface area contributed by atoms with Crippen LogP contribution in [0, 0.1) is 0 Å². The van der Waals surface area contributed by atoms with Gasteiger partial charge in [0.05, 0.1) is 24.1 Å². The van der Waals surface area contributed by atoms with Crippen molar-refractivity contribution in [1.29, 1.82) is 0 Å². The first-order valence-electron chi connectivity index (χ1n) is 9.04. The maximum atomic E-state index is 13.1.